The molecule has 0 aliphatic rings. The number of ether oxygens (including phenoxy) is 1. The number of unbranched alkanes of at least 4 members (excludes halogenated alkanes) is 1. The largest absolute Gasteiger partial charge is 0.446 e. The van der Waals surface area contributed by atoms with Gasteiger partial charge in [0.05, 0.1) is 11.4 Å². The molecule has 1 N–H and O–H groups in total. The van der Waals surface area contributed by atoms with Crippen LogP contribution in [0, 0.1) is 11.3 Å². The highest BCUT2D eigenvalue weighted by Crippen LogP contribution is 2.32. The van der Waals surface area contributed by atoms with Gasteiger partial charge in [0, 0.05) is 11.3 Å². The van der Waals surface area contributed by atoms with Crippen molar-refractivity contribution in [3.8, 4) is 16.5 Å². The maximum Gasteiger partial charge on any atom is 0.359 e. The van der Waals surface area contributed by atoms with Crippen LogP contribution >= 0.6 is 23.1 Å². The first kappa shape index (κ1) is 20.9. The van der Waals surface area contributed by atoms with Gasteiger partial charge in [-0.1, -0.05) is 25.5 Å². The Kier molecular flexibility index (Phi) is 8.30. The minimum atomic E-state index is -0.639. The zero-order valence-corrected chi connectivity index (χ0v) is 16.9. The molecule has 0 aliphatic carbocycles. The number of aromatic nitrogens is 1. The van der Waals surface area contributed by atoms with Crippen LogP contribution in [0.3, 0.4) is 0 Å². The standard InChI is InChI=1S/C19H21N3O3S2/c1-3-4-5-15(23)21-12-16-22-17(19(24)25-11-10-20)18(27-16)13-6-8-14(26-2)9-7-13/h6-9H,3-5,11-12H2,1-2H3,(H,21,23). The van der Waals surface area contributed by atoms with Gasteiger partial charge in [-0.15, -0.1) is 23.1 Å². The summed E-state index contributed by atoms with van der Waals surface area (Å²) in [6.45, 7) is 1.96. The van der Waals surface area contributed by atoms with Crippen LogP contribution < -0.4 is 5.32 Å². The Bertz CT molecular complexity index is 826. The van der Waals surface area contributed by atoms with Gasteiger partial charge in [-0.05, 0) is 30.4 Å². The molecular formula is C19H21N3O3S2. The number of thioether (sulfide) groups is 1. The van der Waals surface area contributed by atoms with Crippen LogP contribution in [0.1, 0.15) is 41.7 Å². The van der Waals surface area contributed by atoms with E-state index in [1.165, 1.54) is 11.3 Å². The monoisotopic (exact) mass is 403 g/mol. The van der Waals surface area contributed by atoms with E-state index in [1.807, 2.05) is 37.4 Å². The smallest absolute Gasteiger partial charge is 0.359 e. The van der Waals surface area contributed by atoms with Gasteiger partial charge in [-0.25, -0.2) is 9.78 Å². The SMILES string of the molecule is CCCCC(=O)NCc1nc(C(=O)OCC#N)c(-c2ccc(SC)cc2)s1. The molecule has 1 aromatic heterocycles. The van der Waals surface area contributed by atoms with Crippen molar-refractivity contribution in [2.45, 2.75) is 37.6 Å². The molecule has 2 aromatic rings. The molecule has 8 heteroatoms. The van der Waals surface area contributed by atoms with Crippen molar-refractivity contribution < 1.29 is 14.3 Å². The molecule has 2 rings (SSSR count). The summed E-state index contributed by atoms with van der Waals surface area (Å²) in [6.07, 6.45) is 4.26. The Labute approximate surface area is 167 Å². The number of nitrogens with zero attached hydrogens (tertiary/aromatic N) is 2. The second kappa shape index (κ2) is 10.7. The van der Waals surface area contributed by atoms with Crippen molar-refractivity contribution >= 4 is 35.0 Å². The molecule has 1 heterocycles. The minimum absolute atomic E-state index is 0.0356. The summed E-state index contributed by atoms with van der Waals surface area (Å²) >= 11 is 2.97. The molecule has 0 radical (unpaired) electrons. The number of rotatable bonds is 9. The van der Waals surface area contributed by atoms with Gasteiger partial charge in [0.2, 0.25) is 5.91 Å². The lowest BCUT2D eigenvalue weighted by Gasteiger charge is -2.03. The summed E-state index contributed by atoms with van der Waals surface area (Å²) in [4.78, 5) is 30.2. The number of hydrogen-bond donors (Lipinski definition) is 1. The first-order valence-corrected chi connectivity index (χ1v) is 10.6. The van der Waals surface area contributed by atoms with E-state index in [-0.39, 0.29) is 24.8 Å². The fraction of sp³-hybridized carbons (Fsp3) is 0.368. The van der Waals surface area contributed by atoms with Crippen molar-refractivity contribution in [2.75, 3.05) is 12.9 Å². The predicted octanol–water partition coefficient (Wildman–Crippen LogP) is 4.02. The van der Waals surface area contributed by atoms with Gasteiger partial charge >= 0.3 is 5.97 Å². The minimum Gasteiger partial charge on any atom is -0.446 e. The molecule has 0 fully saturated rings. The molecule has 142 valence electrons. The summed E-state index contributed by atoms with van der Waals surface area (Å²) in [6, 6.07) is 9.56. The number of amides is 1. The molecule has 0 unspecified atom stereocenters. The molecule has 1 aromatic carbocycles. The Morgan fingerprint density at radius 2 is 2.07 bits per heavy atom. The van der Waals surface area contributed by atoms with Crippen LogP contribution in [0.2, 0.25) is 0 Å². The average Bonchev–Trinajstić information content (AvgIpc) is 3.13. The van der Waals surface area contributed by atoms with E-state index >= 15 is 0 Å². The van der Waals surface area contributed by atoms with E-state index in [0.29, 0.717) is 16.3 Å². The highest BCUT2D eigenvalue weighted by molar-refractivity contribution is 7.98. The lowest BCUT2D eigenvalue weighted by Crippen LogP contribution is -2.22. The highest BCUT2D eigenvalue weighted by Gasteiger charge is 2.21. The molecule has 0 atom stereocenters. The molecule has 0 spiro atoms. The van der Waals surface area contributed by atoms with Gasteiger partial charge in [0.15, 0.2) is 12.3 Å². The molecular weight excluding hydrogens is 382 g/mol. The first-order chi connectivity index (χ1) is 13.1. The third kappa shape index (κ3) is 6.08. The van der Waals surface area contributed by atoms with E-state index < -0.39 is 5.97 Å². The van der Waals surface area contributed by atoms with Crippen molar-refractivity contribution in [3.63, 3.8) is 0 Å². The fourth-order valence-electron chi connectivity index (χ4n) is 2.28. The van der Waals surface area contributed by atoms with Crippen LogP contribution in [-0.2, 0) is 16.1 Å². The molecule has 27 heavy (non-hydrogen) atoms. The summed E-state index contributed by atoms with van der Waals surface area (Å²) in [5.74, 6) is -0.674. The third-order valence-corrected chi connectivity index (χ3v) is 5.53. The lowest BCUT2D eigenvalue weighted by atomic mass is 10.1. The van der Waals surface area contributed by atoms with Gasteiger partial charge in [-0.3, -0.25) is 4.79 Å². The summed E-state index contributed by atoms with van der Waals surface area (Å²) in [7, 11) is 0. The van der Waals surface area contributed by atoms with E-state index in [1.54, 1.807) is 17.8 Å². The topological polar surface area (TPSA) is 92.1 Å². The summed E-state index contributed by atoms with van der Waals surface area (Å²) in [5.41, 5.74) is 1.02. The van der Waals surface area contributed by atoms with E-state index in [2.05, 4.69) is 10.3 Å². The van der Waals surface area contributed by atoms with Crippen LogP contribution in [0.5, 0.6) is 0 Å². The van der Waals surface area contributed by atoms with Crippen LogP contribution in [0.15, 0.2) is 29.2 Å². The predicted molar refractivity (Wildman–Crippen MR) is 107 cm³/mol. The Hall–Kier alpha value is -2.37. The number of esters is 1. The van der Waals surface area contributed by atoms with Gasteiger partial charge in [0.25, 0.3) is 0 Å². The maximum absolute atomic E-state index is 12.3. The van der Waals surface area contributed by atoms with Gasteiger partial charge in [0.1, 0.15) is 11.1 Å². The summed E-state index contributed by atoms with van der Waals surface area (Å²) in [5, 5.41) is 12.1. The number of nitriles is 1. The Balaban J connectivity index is 2.23. The maximum atomic E-state index is 12.3. The third-order valence-electron chi connectivity index (χ3n) is 3.68. The quantitative estimate of drug-likeness (QED) is 0.502. The van der Waals surface area contributed by atoms with E-state index in [4.69, 9.17) is 10.00 Å². The fourth-order valence-corrected chi connectivity index (χ4v) is 3.69. The summed E-state index contributed by atoms with van der Waals surface area (Å²) < 4.78 is 4.93. The molecule has 0 saturated heterocycles. The average molecular weight is 404 g/mol. The number of nitrogens with one attached hydrogen (secondary N) is 1. The molecule has 6 nitrogen and oxygen atoms in total. The Morgan fingerprint density at radius 3 is 2.70 bits per heavy atom. The second-order valence-electron chi connectivity index (χ2n) is 5.63. The Morgan fingerprint density at radius 1 is 1.33 bits per heavy atom. The number of carbonyl (C=O) groups is 2. The second-order valence-corrected chi connectivity index (χ2v) is 7.59. The van der Waals surface area contributed by atoms with E-state index in [9.17, 15) is 9.59 Å². The van der Waals surface area contributed by atoms with Gasteiger partial charge in [-0.2, -0.15) is 5.26 Å². The molecule has 1 amide bonds. The number of hydrogen-bond acceptors (Lipinski definition) is 7. The number of benzene rings is 1. The zero-order chi connectivity index (χ0) is 19.6. The van der Waals surface area contributed by atoms with E-state index in [0.717, 1.165) is 23.3 Å². The van der Waals surface area contributed by atoms with Crippen LogP contribution in [0.4, 0.5) is 0 Å². The zero-order valence-electron chi connectivity index (χ0n) is 15.3. The molecule has 0 bridgehead atoms. The van der Waals surface area contributed by atoms with Crippen LogP contribution in [-0.4, -0.2) is 29.7 Å². The van der Waals surface area contributed by atoms with Gasteiger partial charge < -0.3 is 10.1 Å². The number of carbonyl (C=O) groups excluding carboxylic acids is 2. The van der Waals surface area contributed by atoms with Crippen molar-refractivity contribution in [3.05, 3.63) is 35.0 Å². The van der Waals surface area contributed by atoms with Crippen molar-refractivity contribution in [1.29, 1.82) is 5.26 Å². The number of thiazole rings is 1. The van der Waals surface area contributed by atoms with Crippen LogP contribution in [0.25, 0.3) is 10.4 Å². The molecule has 0 saturated carbocycles. The normalized spacial score (nSPS) is 10.3. The lowest BCUT2D eigenvalue weighted by molar-refractivity contribution is -0.121. The first-order valence-electron chi connectivity index (χ1n) is 8.54. The molecule has 0 aliphatic heterocycles. The van der Waals surface area contributed by atoms with Crippen molar-refractivity contribution in [1.82, 2.24) is 10.3 Å². The highest BCUT2D eigenvalue weighted by atomic mass is 32.2. The van der Waals surface area contributed by atoms with Crippen molar-refractivity contribution in [2.24, 2.45) is 0 Å².